The van der Waals surface area contributed by atoms with E-state index in [2.05, 4.69) is 42.6 Å². The van der Waals surface area contributed by atoms with Crippen LogP contribution in [0, 0.1) is 6.92 Å². The van der Waals surface area contributed by atoms with Gasteiger partial charge in [0.2, 0.25) is 0 Å². The molecular formula is C26H24ClN3OS. The van der Waals surface area contributed by atoms with Gasteiger partial charge in [0, 0.05) is 15.8 Å². The quantitative estimate of drug-likeness (QED) is 0.247. The number of amides is 1. The van der Waals surface area contributed by atoms with Gasteiger partial charge in [0.15, 0.2) is 0 Å². The maximum atomic E-state index is 13.2. The van der Waals surface area contributed by atoms with Crippen LogP contribution in [0.2, 0.25) is 5.02 Å². The molecule has 6 heteroatoms. The van der Waals surface area contributed by atoms with E-state index in [9.17, 15) is 4.79 Å². The van der Waals surface area contributed by atoms with Crippen molar-refractivity contribution in [1.82, 2.24) is 10.4 Å². The van der Waals surface area contributed by atoms with Crippen molar-refractivity contribution in [2.24, 2.45) is 5.10 Å². The number of benzene rings is 2. The number of hydrazone groups is 1. The van der Waals surface area contributed by atoms with Crippen molar-refractivity contribution in [3.63, 3.8) is 0 Å². The van der Waals surface area contributed by atoms with Gasteiger partial charge in [-0.05, 0) is 49.6 Å². The van der Waals surface area contributed by atoms with Crippen LogP contribution in [0.4, 0.5) is 0 Å². The predicted molar refractivity (Wildman–Crippen MR) is 135 cm³/mol. The molecule has 2 aromatic carbocycles. The van der Waals surface area contributed by atoms with E-state index in [1.165, 1.54) is 10.4 Å². The Bertz CT molecular complexity index is 1310. The second kappa shape index (κ2) is 9.63. The summed E-state index contributed by atoms with van der Waals surface area (Å²) < 4.78 is 0. The summed E-state index contributed by atoms with van der Waals surface area (Å²) in [5.74, 6) is -0.287. The van der Waals surface area contributed by atoms with Crippen molar-refractivity contribution in [3.8, 4) is 11.3 Å². The SMILES string of the molecule is CCC(=NNC(=O)c1cc(-c2ccc(CC)cc2)nc2c(Cl)cccc12)c1ccc(C)s1. The third kappa shape index (κ3) is 4.59. The van der Waals surface area contributed by atoms with Gasteiger partial charge in [-0.15, -0.1) is 11.3 Å². The number of aromatic nitrogens is 1. The van der Waals surface area contributed by atoms with Gasteiger partial charge < -0.3 is 0 Å². The summed E-state index contributed by atoms with van der Waals surface area (Å²) in [5.41, 5.74) is 7.58. The molecular weight excluding hydrogens is 438 g/mol. The van der Waals surface area contributed by atoms with Crippen LogP contribution in [0.5, 0.6) is 0 Å². The molecule has 4 nitrogen and oxygen atoms in total. The van der Waals surface area contributed by atoms with Crippen LogP contribution in [0.25, 0.3) is 22.2 Å². The number of aryl methyl sites for hydroxylation is 2. The van der Waals surface area contributed by atoms with Crippen molar-refractivity contribution < 1.29 is 4.79 Å². The van der Waals surface area contributed by atoms with Crippen LogP contribution < -0.4 is 5.43 Å². The molecule has 0 spiro atoms. The molecule has 1 amide bonds. The molecule has 2 heterocycles. The fourth-order valence-electron chi connectivity index (χ4n) is 3.54. The van der Waals surface area contributed by atoms with E-state index in [0.717, 1.165) is 29.0 Å². The lowest BCUT2D eigenvalue weighted by Crippen LogP contribution is -2.20. The Morgan fingerprint density at radius 2 is 1.88 bits per heavy atom. The molecule has 4 rings (SSSR count). The summed E-state index contributed by atoms with van der Waals surface area (Å²) in [5, 5.41) is 5.64. The van der Waals surface area contributed by atoms with E-state index in [4.69, 9.17) is 16.6 Å². The van der Waals surface area contributed by atoms with Gasteiger partial charge in [-0.2, -0.15) is 5.10 Å². The van der Waals surface area contributed by atoms with Crippen LogP contribution in [-0.2, 0) is 6.42 Å². The lowest BCUT2D eigenvalue weighted by molar-refractivity contribution is 0.0956. The Morgan fingerprint density at radius 1 is 1.09 bits per heavy atom. The molecule has 0 radical (unpaired) electrons. The van der Waals surface area contributed by atoms with E-state index in [1.807, 2.05) is 43.3 Å². The minimum atomic E-state index is -0.287. The fourth-order valence-corrected chi connectivity index (χ4v) is 4.68. The van der Waals surface area contributed by atoms with E-state index < -0.39 is 0 Å². The van der Waals surface area contributed by atoms with Crippen molar-refractivity contribution >= 4 is 45.5 Å². The van der Waals surface area contributed by atoms with Gasteiger partial charge in [-0.1, -0.05) is 61.8 Å². The van der Waals surface area contributed by atoms with Gasteiger partial charge in [0.1, 0.15) is 0 Å². The predicted octanol–water partition coefficient (Wildman–Crippen LogP) is 7.03. The van der Waals surface area contributed by atoms with Crippen LogP contribution in [0.1, 0.15) is 45.9 Å². The highest BCUT2D eigenvalue weighted by Gasteiger charge is 2.16. The minimum Gasteiger partial charge on any atom is -0.267 e. The molecule has 0 saturated heterocycles. The average molecular weight is 462 g/mol. The first-order valence-corrected chi connectivity index (χ1v) is 11.8. The van der Waals surface area contributed by atoms with E-state index in [1.54, 1.807) is 17.4 Å². The number of nitrogens with zero attached hydrogens (tertiary/aromatic N) is 2. The number of carbonyl (C=O) groups excluding carboxylic acids is 1. The molecule has 0 aliphatic heterocycles. The molecule has 4 aromatic rings. The summed E-state index contributed by atoms with van der Waals surface area (Å²) in [7, 11) is 0. The number of rotatable bonds is 6. The zero-order valence-electron chi connectivity index (χ0n) is 18.3. The standard InChI is InChI=1S/C26H24ClN3OS/c1-4-17-10-12-18(13-11-17)23-15-20(19-7-6-8-21(27)25(19)28-23)26(31)30-29-22(5-2)24-14-9-16(3)32-24/h6-15H,4-5H2,1-3H3,(H,30,31). The lowest BCUT2D eigenvalue weighted by Gasteiger charge is -2.11. The van der Waals surface area contributed by atoms with Crippen LogP contribution in [0.15, 0.2) is 65.8 Å². The molecule has 2 aromatic heterocycles. The number of hydrogen-bond acceptors (Lipinski definition) is 4. The second-order valence-electron chi connectivity index (χ2n) is 7.50. The highest BCUT2D eigenvalue weighted by atomic mass is 35.5. The first kappa shape index (κ1) is 22.2. The number of hydrogen-bond donors (Lipinski definition) is 1. The maximum Gasteiger partial charge on any atom is 0.272 e. The fraction of sp³-hybridized carbons (Fsp3) is 0.192. The third-order valence-corrected chi connectivity index (χ3v) is 6.70. The summed E-state index contributed by atoms with van der Waals surface area (Å²) >= 11 is 8.12. The van der Waals surface area contributed by atoms with Crippen molar-refractivity contribution in [3.05, 3.63) is 86.6 Å². The minimum absolute atomic E-state index is 0.287. The summed E-state index contributed by atoms with van der Waals surface area (Å²) in [6.07, 6.45) is 1.69. The highest BCUT2D eigenvalue weighted by Crippen LogP contribution is 2.29. The molecule has 0 atom stereocenters. The topological polar surface area (TPSA) is 54.4 Å². The summed E-state index contributed by atoms with van der Waals surface area (Å²) in [4.78, 5) is 20.3. The lowest BCUT2D eigenvalue weighted by atomic mass is 10.0. The van der Waals surface area contributed by atoms with Gasteiger partial charge in [0.25, 0.3) is 5.91 Å². The Kier molecular flexibility index (Phi) is 6.68. The third-order valence-electron chi connectivity index (χ3n) is 5.34. The smallest absolute Gasteiger partial charge is 0.267 e. The highest BCUT2D eigenvalue weighted by molar-refractivity contribution is 7.14. The molecule has 32 heavy (non-hydrogen) atoms. The average Bonchev–Trinajstić information content (AvgIpc) is 3.25. The van der Waals surface area contributed by atoms with Crippen molar-refractivity contribution in [2.45, 2.75) is 33.6 Å². The van der Waals surface area contributed by atoms with E-state index in [0.29, 0.717) is 27.2 Å². The Hall–Kier alpha value is -3.02. The van der Waals surface area contributed by atoms with Crippen LogP contribution >= 0.6 is 22.9 Å². The summed E-state index contributed by atoms with van der Waals surface area (Å²) in [6.45, 7) is 6.20. The van der Waals surface area contributed by atoms with Crippen LogP contribution in [-0.4, -0.2) is 16.6 Å². The molecule has 0 saturated carbocycles. The number of halogens is 1. The first-order valence-electron chi connectivity index (χ1n) is 10.6. The summed E-state index contributed by atoms with van der Waals surface area (Å²) in [6, 6.07) is 19.6. The van der Waals surface area contributed by atoms with Crippen molar-refractivity contribution in [2.75, 3.05) is 0 Å². The number of nitrogens with one attached hydrogen (secondary N) is 1. The zero-order chi connectivity index (χ0) is 22.7. The monoisotopic (exact) mass is 461 g/mol. The Labute approximate surface area is 197 Å². The van der Waals surface area contributed by atoms with Gasteiger partial charge in [-0.3, -0.25) is 4.79 Å². The van der Waals surface area contributed by atoms with E-state index in [-0.39, 0.29) is 5.91 Å². The molecule has 0 unspecified atom stereocenters. The molecule has 0 fully saturated rings. The number of carbonyl (C=O) groups is 1. The molecule has 0 bridgehead atoms. The van der Waals surface area contributed by atoms with Crippen LogP contribution in [0.3, 0.4) is 0 Å². The second-order valence-corrected chi connectivity index (χ2v) is 9.20. The Balaban J connectivity index is 1.75. The number of para-hydroxylation sites is 1. The van der Waals surface area contributed by atoms with Gasteiger partial charge in [-0.25, -0.2) is 10.4 Å². The number of pyridine rings is 1. The van der Waals surface area contributed by atoms with Gasteiger partial charge >= 0.3 is 0 Å². The molecule has 0 aliphatic rings. The van der Waals surface area contributed by atoms with Gasteiger partial charge in [0.05, 0.1) is 32.4 Å². The number of fused-ring (bicyclic) bond motifs is 1. The molecule has 0 aliphatic carbocycles. The van der Waals surface area contributed by atoms with E-state index >= 15 is 0 Å². The first-order chi connectivity index (χ1) is 15.5. The normalized spacial score (nSPS) is 11.7. The largest absolute Gasteiger partial charge is 0.272 e. The Morgan fingerprint density at radius 3 is 2.53 bits per heavy atom. The maximum absolute atomic E-state index is 13.2. The van der Waals surface area contributed by atoms with Crippen molar-refractivity contribution in [1.29, 1.82) is 0 Å². The number of thiophene rings is 1. The molecule has 1 N–H and O–H groups in total. The molecule has 162 valence electrons. The zero-order valence-corrected chi connectivity index (χ0v) is 19.8.